The number of hydrogen-bond acceptors (Lipinski definition) is 1. The first-order chi connectivity index (χ1) is 5.91. The van der Waals surface area contributed by atoms with Crippen molar-refractivity contribution < 1.29 is 0 Å². The van der Waals surface area contributed by atoms with E-state index in [1.54, 1.807) is 0 Å². The van der Waals surface area contributed by atoms with Crippen LogP contribution in [0.25, 0.3) is 0 Å². The molecule has 0 amide bonds. The summed E-state index contributed by atoms with van der Waals surface area (Å²) in [5, 5.41) is 0. The van der Waals surface area contributed by atoms with Gasteiger partial charge in [-0.15, -0.1) is 0 Å². The van der Waals surface area contributed by atoms with Crippen LogP contribution in [0.1, 0.15) is 38.5 Å². The Morgan fingerprint density at radius 1 is 1.00 bits per heavy atom. The molecule has 1 nitrogen and oxygen atoms in total. The molecular weight excluding hydrogens is 174 g/mol. The number of nitrogens with two attached hydrogens (primary N) is 1. The van der Waals surface area contributed by atoms with E-state index in [4.69, 9.17) is 5.73 Å². The largest absolute Gasteiger partial charge is 0.325 e. The van der Waals surface area contributed by atoms with Crippen LogP contribution < -0.4 is 5.73 Å². The fourth-order valence-electron chi connectivity index (χ4n) is 2.67. The van der Waals surface area contributed by atoms with Crippen LogP contribution in [0, 0.1) is 0 Å². The third-order valence-corrected chi connectivity index (χ3v) is 4.75. The van der Waals surface area contributed by atoms with Gasteiger partial charge in [-0.1, -0.05) is 45.3 Å². The molecule has 0 saturated heterocycles. The zero-order chi connectivity index (χ0) is 9.95. The Morgan fingerprint density at radius 3 is 1.85 bits per heavy atom. The molecule has 78 valence electrons. The molecule has 0 aromatic rings. The molecule has 1 rings (SSSR count). The minimum absolute atomic E-state index is 0.209. The Morgan fingerprint density at radius 2 is 1.46 bits per heavy atom. The highest BCUT2D eigenvalue weighted by molar-refractivity contribution is 6.76. The van der Waals surface area contributed by atoms with E-state index in [0.717, 1.165) is 0 Å². The zero-order valence-electron chi connectivity index (χ0n) is 9.53. The first kappa shape index (κ1) is 11.3. The molecule has 2 heteroatoms. The zero-order valence-corrected chi connectivity index (χ0v) is 10.5. The van der Waals surface area contributed by atoms with Crippen molar-refractivity contribution >= 4 is 8.07 Å². The molecule has 1 saturated carbocycles. The van der Waals surface area contributed by atoms with Gasteiger partial charge in [-0.25, -0.2) is 0 Å². The van der Waals surface area contributed by atoms with Gasteiger partial charge in [-0.3, -0.25) is 0 Å². The minimum atomic E-state index is -0.964. The molecule has 0 aliphatic heterocycles. The number of hydrogen-bond donors (Lipinski definition) is 1. The second-order valence-corrected chi connectivity index (χ2v) is 11.5. The number of rotatable bonds is 2. The maximum Gasteiger partial charge on any atom is 0.0460 e. The second-order valence-electron chi connectivity index (χ2n) is 6.01. The highest BCUT2D eigenvalue weighted by Crippen LogP contribution is 2.31. The van der Waals surface area contributed by atoms with Crippen LogP contribution in [-0.2, 0) is 0 Å². The van der Waals surface area contributed by atoms with Crippen LogP contribution >= 0.6 is 0 Å². The maximum atomic E-state index is 6.48. The molecule has 0 atom stereocenters. The van der Waals surface area contributed by atoms with E-state index in [-0.39, 0.29) is 5.54 Å². The lowest BCUT2D eigenvalue weighted by molar-refractivity contribution is 0.404. The minimum Gasteiger partial charge on any atom is -0.325 e. The molecule has 0 heterocycles. The molecule has 0 aromatic heterocycles. The summed E-state index contributed by atoms with van der Waals surface area (Å²) in [5.41, 5.74) is 6.69. The average molecular weight is 199 g/mol. The molecule has 0 spiro atoms. The lowest BCUT2D eigenvalue weighted by Gasteiger charge is -2.33. The topological polar surface area (TPSA) is 26.0 Å². The Labute approximate surface area is 84.1 Å². The third kappa shape index (κ3) is 4.27. The van der Waals surface area contributed by atoms with Gasteiger partial charge in [0.15, 0.2) is 0 Å². The summed E-state index contributed by atoms with van der Waals surface area (Å²) in [7, 11) is -0.964. The molecular formula is C11H25NSi. The van der Waals surface area contributed by atoms with Crippen molar-refractivity contribution in [1.29, 1.82) is 0 Å². The summed E-state index contributed by atoms with van der Waals surface area (Å²) >= 11 is 0. The van der Waals surface area contributed by atoms with E-state index < -0.39 is 8.07 Å². The van der Waals surface area contributed by atoms with Gasteiger partial charge in [-0.05, 0) is 18.9 Å². The monoisotopic (exact) mass is 199 g/mol. The molecule has 1 fully saturated rings. The van der Waals surface area contributed by atoms with E-state index in [1.807, 2.05) is 0 Å². The normalized spacial score (nSPS) is 24.0. The van der Waals surface area contributed by atoms with Crippen LogP contribution in [0.15, 0.2) is 0 Å². The fourth-order valence-corrected chi connectivity index (χ4v) is 5.13. The molecule has 0 unspecified atom stereocenters. The van der Waals surface area contributed by atoms with E-state index in [1.165, 1.54) is 44.6 Å². The summed E-state index contributed by atoms with van der Waals surface area (Å²) in [5.74, 6) is 0. The van der Waals surface area contributed by atoms with Gasteiger partial charge < -0.3 is 5.73 Å². The second kappa shape index (κ2) is 4.14. The molecule has 0 radical (unpaired) electrons. The van der Waals surface area contributed by atoms with Crippen molar-refractivity contribution in [1.82, 2.24) is 0 Å². The van der Waals surface area contributed by atoms with Crippen molar-refractivity contribution in [2.24, 2.45) is 5.73 Å². The van der Waals surface area contributed by atoms with E-state index in [2.05, 4.69) is 19.6 Å². The van der Waals surface area contributed by atoms with E-state index in [0.29, 0.717) is 0 Å². The van der Waals surface area contributed by atoms with Gasteiger partial charge in [-0.2, -0.15) is 0 Å². The van der Waals surface area contributed by atoms with Crippen molar-refractivity contribution in [2.75, 3.05) is 0 Å². The average Bonchev–Trinajstić information content (AvgIpc) is 2.09. The van der Waals surface area contributed by atoms with Crippen molar-refractivity contribution in [2.45, 2.75) is 69.7 Å². The fraction of sp³-hybridized carbons (Fsp3) is 1.00. The molecule has 13 heavy (non-hydrogen) atoms. The summed E-state index contributed by atoms with van der Waals surface area (Å²) in [6, 6.07) is 1.32. The molecule has 0 aromatic carbocycles. The summed E-state index contributed by atoms with van der Waals surface area (Å²) in [4.78, 5) is 0. The highest BCUT2D eigenvalue weighted by atomic mass is 28.3. The summed E-state index contributed by atoms with van der Waals surface area (Å²) < 4.78 is 0. The third-order valence-electron chi connectivity index (χ3n) is 2.98. The Balaban J connectivity index is 2.52. The standard InChI is InChI=1S/C11H25NSi/c1-13(2,3)10-11(12)8-6-4-5-7-9-11/h4-10,12H2,1-3H3. The lowest BCUT2D eigenvalue weighted by atomic mass is 9.94. The Bertz CT molecular complexity index is 152. The molecule has 1 aliphatic carbocycles. The van der Waals surface area contributed by atoms with Gasteiger partial charge in [0.05, 0.1) is 0 Å². The van der Waals surface area contributed by atoms with Crippen LogP contribution in [0.2, 0.25) is 25.7 Å². The van der Waals surface area contributed by atoms with Gasteiger partial charge >= 0.3 is 0 Å². The first-order valence-corrected chi connectivity index (χ1v) is 9.41. The van der Waals surface area contributed by atoms with E-state index >= 15 is 0 Å². The Kier molecular flexibility index (Phi) is 3.58. The first-order valence-electron chi connectivity index (χ1n) is 5.70. The van der Waals surface area contributed by atoms with Crippen molar-refractivity contribution in [3.05, 3.63) is 0 Å². The SMILES string of the molecule is C[Si](C)(C)CC1(N)CCCCCC1. The van der Waals surface area contributed by atoms with Gasteiger partial charge in [0.2, 0.25) is 0 Å². The summed E-state index contributed by atoms with van der Waals surface area (Å²) in [6.45, 7) is 7.31. The van der Waals surface area contributed by atoms with Crippen LogP contribution in [0.4, 0.5) is 0 Å². The molecule has 1 aliphatic rings. The molecule has 2 N–H and O–H groups in total. The Hall–Kier alpha value is 0.177. The quantitative estimate of drug-likeness (QED) is 0.535. The summed E-state index contributed by atoms with van der Waals surface area (Å²) in [6.07, 6.45) is 8.09. The molecule has 0 bridgehead atoms. The highest BCUT2D eigenvalue weighted by Gasteiger charge is 2.31. The smallest absolute Gasteiger partial charge is 0.0460 e. The van der Waals surface area contributed by atoms with Crippen molar-refractivity contribution in [3.8, 4) is 0 Å². The predicted octanol–water partition coefficient (Wildman–Crippen LogP) is 3.38. The van der Waals surface area contributed by atoms with Gasteiger partial charge in [0.25, 0.3) is 0 Å². The lowest BCUT2D eigenvalue weighted by Crippen LogP contribution is -2.45. The maximum absolute atomic E-state index is 6.48. The van der Waals surface area contributed by atoms with Gasteiger partial charge in [0.1, 0.15) is 0 Å². The van der Waals surface area contributed by atoms with Crippen molar-refractivity contribution in [3.63, 3.8) is 0 Å². The van der Waals surface area contributed by atoms with Crippen LogP contribution in [0.3, 0.4) is 0 Å². The van der Waals surface area contributed by atoms with Crippen LogP contribution in [0.5, 0.6) is 0 Å². The predicted molar refractivity (Wildman–Crippen MR) is 62.8 cm³/mol. The van der Waals surface area contributed by atoms with Gasteiger partial charge in [0, 0.05) is 13.6 Å². The van der Waals surface area contributed by atoms with Crippen LogP contribution in [-0.4, -0.2) is 13.6 Å². The van der Waals surface area contributed by atoms with E-state index in [9.17, 15) is 0 Å².